The number of rotatable bonds is 23. The largest absolute Gasteiger partial charge is 0.456 e. The van der Waals surface area contributed by atoms with E-state index in [9.17, 15) is 21.4 Å². The number of hydrogen-bond donors (Lipinski definition) is 2. The third kappa shape index (κ3) is 12.3. The van der Waals surface area contributed by atoms with Gasteiger partial charge in [-0.15, -0.1) is 23.5 Å². The Morgan fingerprint density at radius 2 is 1.44 bits per heavy atom. The van der Waals surface area contributed by atoms with Crippen molar-refractivity contribution in [3.05, 3.63) is 121 Å². The first kappa shape index (κ1) is 47.4. The van der Waals surface area contributed by atoms with Gasteiger partial charge in [-0.1, -0.05) is 75.6 Å². The van der Waals surface area contributed by atoms with Crippen LogP contribution in [0.15, 0.2) is 139 Å². The molecule has 1 heterocycles. The van der Waals surface area contributed by atoms with Crippen LogP contribution >= 0.6 is 23.5 Å². The number of hydrogen-bond acceptors (Lipinski definition) is 8. The summed E-state index contributed by atoms with van der Waals surface area (Å²) in [5, 5.41) is 1.66. The van der Waals surface area contributed by atoms with Gasteiger partial charge in [0.1, 0.15) is 24.4 Å². The van der Waals surface area contributed by atoms with E-state index in [0.29, 0.717) is 33.4 Å². The molecule has 0 aromatic heterocycles. The molecule has 330 valence electrons. The van der Waals surface area contributed by atoms with E-state index in [4.69, 9.17) is 4.42 Å². The fraction of sp³-hybridized carbons (Fsp3) is 0.367. The van der Waals surface area contributed by atoms with Gasteiger partial charge in [-0.3, -0.25) is 4.55 Å². The molecule has 1 atom stereocenters. The summed E-state index contributed by atoms with van der Waals surface area (Å²) in [5.74, 6) is 2.63. The molecule has 2 N–H and O–H groups in total. The van der Waals surface area contributed by atoms with Crippen molar-refractivity contribution in [1.82, 2.24) is 9.30 Å². The highest BCUT2D eigenvalue weighted by molar-refractivity contribution is 7.99. The number of unbranched alkanes of at least 4 members (excludes halogenated alkanes) is 1. The highest BCUT2D eigenvalue weighted by atomic mass is 32.2. The molecule has 0 saturated heterocycles. The van der Waals surface area contributed by atoms with Gasteiger partial charge in [-0.2, -0.15) is 8.42 Å². The van der Waals surface area contributed by atoms with Gasteiger partial charge in [0, 0.05) is 81.5 Å². The molecular weight excluding hydrogens is 855 g/mol. The van der Waals surface area contributed by atoms with Crippen LogP contribution in [-0.4, -0.2) is 65.6 Å². The molecule has 0 radical (unpaired) electrons. The summed E-state index contributed by atoms with van der Waals surface area (Å²) < 4.78 is 76.0. The minimum Gasteiger partial charge on any atom is -0.456 e. The maximum absolute atomic E-state index is 14.4. The fourth-order valence-corrected chi connectivity index (χ4v) is 11.4. The quantitative estimate of drug-likeness (QED) is 0.0213. The zero-order valence-electron chi connectivity index (χ0n) is 36.3. The fourth-order valence-electron chi connectivity index (χ4n) is 7.76. The van der Waals surface area contributed by atoms with Gasteiger partial charge < -0.3 is 9.32 Å². The number of anilines is 1. The molecule has 1 aliphatic carbocycles. The van der Waals surface area contributed by atoms with Crippen molar-refractivity contribution in [3.63, 3.8) is 0 Å². The van der Waals surface area contributed by atoms with Crippen LogP contribution in [0.25, 0.3) is 33.4 Å². The summed E-state index contributed by atoms with van der Waals surface area (Å²) in [6.07, 6.45) is 5.58. The van der Waals surface area contributed by atoms with Gasteiger partial charge in [0.2, 0.25) is 15.4 Å². The number of thioether (sulfide) groups is 2. The molecule has 62 heavy (non-hydrogen) atoms. The van der Waals surface area contributed by atoms with Crippen LogP contribution in [0.1, 0.15) is 66.2 Å². The lowest BCUT2D eigenvalue weighted by molar-refractivity contribution is 0.443. The normalized spacial score (nSPS) is 13.1. The molecule has 1 aliphatic heterocycles. The second-order valence-electron chi connectivity index (χ2n) is 15.4. The van der Waals surface area contributed by atoms with E-state index in [0.717, 1.165) is 93.3 Å². The number of nitrogens with one attached hydrogen (secondary N) is 1. The van der Waals surface area contributed by atoms with Gasteiger partial charge in [-0.25, -0.2) is 17.7 Å². The zero-order valence-corrected chi connectivity index (χ0v) is 39.5. The molecule has 6 rings (SSSR count). The molecule has 0 fully saturated rings. The first-order valence-electron chi connectivity index (χ1n) is 21.8. The van der Waals surface area contributed by atoms with Gasteiger partial charge in [0.05, 0.1) is 15.9 Å². The van der Waals surface area contributed by atoms with Crippen LogP contribution in [0.4, 0.5) is 5.69 Å². The maximum atomic E-state index is 14.4. The number of fused-ring (bicyclic) bond motifs is 2. The van der Waals surface area contributed by atoms with Crippen molar-refractivity contribution in [2.45, 2.75) is 85.8 Å². The van der Waals surface area contributed by atoms with Crippen molar-refractivity contribution >= 4 is 60.3 Å². The first-order valence-corrected chi connectivity index (χ1v) is 26.7. The Bertz CT molecular complexity index is 2650. The van der Waals surface area contributed by atoms with Crippen LogP contribution in [0.5, 0.6) is 0 Å². The number of benzene rings is 5. The second kappa shape index (κ2) is 22.5. The lowest BCUT2D eigenvalue weighted by atomic mass is 9.93. The minimum absolute atomic E-state index is 0.115. The highest BCUT2D eigenvalue weighted by Crippen LogP contribution is 2.43. The molecule has 0 bridgehead atoms. The Kier molecular flexibility index (Phi) is 17.2. The number of nitrogens with zero attached hydrogens (tertiary/aromatic N) is 2. The molecule has 13 heteroatoms. The van der Waals surface area contributed by atoms with Gasteiger partial charge >= 0.3 is 0 Å². The third-order valence-corrected chi connectivity index (χ3v) is 15.8. The van der Waals surface area contributed by atoms with Crippen LogP contribution < -0.4 is 19.6 Å². The predicted molar refractivity (Wildman–Crippen MR) is 259 cm³/mol. The highest BCUT2D eigenvalue weighted by Gasteiger charge is 2.28. The Labute approximate surface area is 377 Å². The average Bonchev–Trinajstić information content (AvgIpc) is 3.28. The Balaban J connectivity index is 1.46. The molecule has 4 aromatic carbocycles. The molecule has 0 spiro atoms. The monoisotopic (exact) mass is 914 g/mol. The van der Waals surface area contributed by atoms with Crippen LogP contribution in [0, 0.1) is 5.92 Å². The average molecular weight is 915 g/mol. The third-order valence-electron chi connectivity index (χ3n) is 11.3. The van der Waals surface area contributed by atoms with Crippen molar-refractivity contribution in [2.75, 3.05) is 49.1 Å². The van der Waals surface area contributed by atoms with E-state index in [1.54, 1.807) is 0 Å². The van der Waals surface area contributed by atoms with Crippen molar-refractivity contribution < 1.29 is 25.8 Å². The predicted octanol–water partition coefficient (Wildman–Crippen LogP) is 10.9. The van der Waals surface area contributed by atoms with Gasteiger partial charge in [0.15, 0.2) is 0 Å². The summed E-state index contributed by atoms with van der Waals surface area (Å²) in [5.41, 5.74) is 3.15. The van der Waals surface area contributed by atoms with Crippen molar-refractivity contribution in [3.8, 4) is 22.5 Å². The van der Waals surface area contributed by atoms with E-state index < -0.39 is 25.0 Å². The molecular formula is C49H60N3O6S4+. The Hall–Kier alpha value is -4.11. The van der Waals surface area contributed by atoms with Crippen molar-refractivity contribution in [1.29, 1.82) is 0 Å². The molecule has 4 aromatic rings. The molecule has 0 amide bonds. The summed E-state index contributed by atoms with van der Waals surface area (Å²) in [6.45, 7) is 11.9. The summed E-state index contributed by atoms with van der Waals surface area (Å²) in [7, 11) is -9.01. The van der Waals surface area contributed by atoms with E-state index in [1.165, 1.54) is 21.9 Å². The molecule has 2 aliphatic rings. The summed E-state index contributed by atoms with van der Waals surface area (Å²) in [6, 6.07) is 36.7. The lowest BCUT2D eigenvalue weighted by Crippen LogP contribution is -2.31. The number of sulfonamides is 1. The van der Waals surface area contributed by atoms with Crippen LogP contribution in [-0.2, 0) is 20.1 Å². The van der Waals surface area contributed by atoms with E-state index >= 15 is 0 Å². The zero-order chi connectivity index (χ0) is 44.1. The Morgan fingerprint density at radius 1 is 0.758 bits per heavy atom. The lowest BCUT2D eigenvalue weighted by Gasteiger charge is -2.24. The first-order chi connectivity index (χ1) is 29.9. The second-order valence-corrected chi connectivity index (χ2v) is 20.9. The maximum Gasteiger partial charge on any atom is 0.294 e. The van der Waals surface area contributed by atoms with Gasteiger partial charge in [-0.05, 0) is 93.0 Å². The molecule has 9 nitrogen and oxygen atoms in total. The topological polar surface area (TPSA) is 120 Å². The molecule has 1 unspecified atom stereocenters. The van der Waals surface area contributed by atoms with Crippen molar-refractivity contribution in [2.24, 2.45) is 5.92 Å². The molecule has 0 saturated carbocycles. The SMILES string of the molecule is CCCCC(CC)CNS(=O)(=O)c1cc(S(=O)(=O)O)ccc1-c1c2ccc(=[N+](CC)CCCSc3ccccc3)cc-2oc2cc(N(CC)CCCSc3ccccc3)ccc12. The Morgan fingerprint density at radius 3 is 2.06 bits per heavy atom. The van der Waals surface area contributed by atoms with Crippen LogP contribution in [0.3, 0.4) is 0 Å². The standard InChI is InChI=1S/C49H59N3O6S4/c1-5-9-18-37(6-2)36-50-61(53,54)48-35-42(62(55,56)57)25-28-45(48)49-43-26-23-38(51(7-3)29-16-31-59-40-19-12-10-13-20-40)33-46(43)58-47-34-39(24-27-44(47)49)52(8-4)30-17-32-60-41-21-14-11-15-22-41/h10-15,19-28,33-35,37,50H,5-9,16-18,29-32,36H2,1-4H3/p+1. The van der Waals surface area contributed by atoms with Gasteiger partial charge in [0.25, 0.3) is 10.1 Å². The smallest absolute Gasteiger partial charge is 0.294 e. The van der Waals surface area contributed by atoms with E-state index in [1.807, 2.05) is 79.0 Å². The van der Waals surface area contributed by atoms with E-state index in [2.05, 4.69) is 83.5 Å². The summed E-state index contributed by atoms with van der Waals surface area (Å²) >= 11 is 3.68. The summed E-state index contributed by atoms with van der Waals surface area (Å²) in [4.78, 5) is 4.09. The minimum atomic E-state index is -4.73. The van der Waals surface area contributed by atoms with E-state index in [-0.39, 0.29) is 17.4 Å². The van der Waals surface area contributed by atoms with Crippen LogP contribution in [0.2, 0.25) is 0 Å².